The van der Waals surface area contributed by atoms with Crippen LogP contribution in [-0.2, 0) is 16.0 Å². The van der Waals surface area contributed by atoms with E-state index in [1.807, 2.05) is 61.5 Å². The minimum Gasteiger partial charge on any atom is -0.497 e. The highest BCUT2D eigenvalue weighted by Crippen LogP contribution is 2.26. The molecule has 0 spiro atoms. The van der Waals surface area contributed by atoms with E-state index in [9.17, 15) is 9.59 Å². The molecule has 0 aromatic heterocycles. The number of hydrogen-bond acceptors (Lipinski definition) is 3. The lowest BCUT2D eigenvalue weighted by atomic mass is 10.0. The van der Waals surface area contributed by atoms with Gasteiger partial charge in [-0.3, -0.25) is 9.59 Å². The van der Waals surface area contributed by atoms with Crippen LogP contribution in [0.1, 0.15) is 18.9 Å². The number of nitrogens with zero attached hydrogens (tertiary/aromatic N) is 2. The minimum absolute atomic E-state index is 0.0160. The van der Waals surface area contributed by atoms with E-state index in [2.05, 4.69) is 12.1 Å². The Morgan fingerprint density at radius 2 is 1.96 bits per heavy atom. The number of allylic oxidation sites excluding steroid dienone is 1. The molecule has 5 heteroatoms. The van der Waals surface area contributed by atoms with Gasteiger partial charge in [-0.2, -0.15) is 0 Å². The number of hydrogen-bond donors (Lipinski definition) is 0. The number of rotatable bonds is 6. The van der Waals surface area contributed by atoms with Crippen LogP contribution in [0.15, 0.2) is 66.7 Å². The summed E-state index contributed by atoms with van der Waals surface area (Å²) in [7, 11) is 1.61. The predicted molar refractivity (Wildman–Crippen MR) is 110 cm³/mol. The molecule has 1 aliphatic rings. The molecule has 5 nitrogen and oxygen atoms in total. The van der Waals surface area contributed by atoms with Crippen LogP contribution in [0.3, 0.4) is 0 Å². The summed E-state index contributed by atoms with van der Waals surface area (Å²) in [5.74, 6) is 0.612. The number of carbonyl (C=O) groups excluding carboxylic acids is 2. The van der Waals surface area contributed by atoms with Crippen molar-refractivity contribution in [3.63, 3.8) is 0 Å². The summed E-state index contributed by atoms with van der Waals surface area (Å²) in [5.41, 5.74) is 1.94. The SMILES string of the molecule is CC=CCC(=O)N1CC(=O)N(c2cccc(OC)c2)CC1Cc1ccccc1. The second-order valence-electron chi connectivity index (χ2n) is 6.84. The first-order valence-corrected chi connectivity index (χ1v) is 9.51. The Morgan fingerprint density at radius 3 is 2.68 bits per heavy atom. The Morgan fingerprint density at radius 1 is 1.18 bits per heavy atom. The number of methoxy groups -OCH3 is 1. The van der Waals surface area contributed by atoms with Crippen molar-refractivity contribution >= 4 is 17.5 Å². The van der Waals surface area contributed by atoms with E-state index in [4.69, 9.17) is 4.74 Å². The second-order valence-corrected chi connectivity index (χ2v) is 6.84. The average molecular weight is 378 g/mol. The second kappa shape index (κ2) is 9.22. The quantitative estimate of drug-likeness (QED) is 0.724. The molecule has 0 aliphatic carbocycles. The summed E-state index contributed by atoms with van der Waals surface area (Å²) in [5, 5.41) is 0. The molecular formula is C23H26N2O3. The lowest BCUT2D eigenvalue weighted by molar-refractivity contribution is -0.139. The normalized spacial score (nSPS) is 17.2. The number of anilines is 1. The van der Waals surface area contributed by atoms with Crippen LogP contribution in [0.2, 0.25) is 0 Å². The molecule has 3 rings (SSSR count). The van der Waals surface area contributed by atoms with E-state index in [-0.39, 0.29) is 24.4 Å². The molecule has 0 N–H and O–H groups in total. The first-order chi connectivity index (χ1) is 13.6. The predicted octanol–water partition coefficient (Wildman–Crippen LogP) is 3.45. The molecule has 1 atom stereocenters. The molecule has 0 saturated carbocycles. The largest absolute Gasteiger partial charge is 0.497 e. The molecule has 1 saturated heterocycles. The fourth-order valence-electron chi connectivity index (χ4n) is 3.49. The topological polar surface area (TPSA) is 49.9 Å². The smallest absolute Gasteiger partial charge is 0.246 e. The minimum atomic E-state index is -0.0796. The molecule has 2 amide bonds. The van der Waals surface area contributed by atoms with E-state index in [0.29, 0.717) is 25.1 Å². The molecule has 1 heterocycles. The van der Waals surface area contributed by atoms with Crippen molar-refractivity contribution in [3.05, 3.63) is 72.3 Å². The van der Waals surface area contributed by atoms with Gasteiger partial charge >= 0.3 is 0 Å². The van der Waals surface area contributed by atoms with Gasteiger partial charge in [-0.15, -0.1) is 0 Å². The molecule has 28 heavy (non-hydrogen) atoms. The Kier molecular flexibility index (Phi) is 6.48. The number of amides is 2. The number of carbonyl (C=O) groups is 2. The lowest BCUT2D eigenvalue weighted by Crippen LogP contribution is -2.58. The van der Waals surface area contributed by atoms with Gasteiger partial charge in [-0.1, -0.05) is 48.6 Å². The van der Waals surface area contributed by atoms with Crippen LogP contribution < -0.4 is 9.64 Å². The fourth-order valence-corrected chi connectivity index (χ4v) is 3.49. The molecule has 146 valence electrons. The van der Waals surface area contributed by atoms with Crippen molar-refractivity contribution in [2.45, 2.75) is 25.8 Å². The van der Waals surface area contributed by atoms with Gasteiger partial charge in [0.1, 0.15) is 12.3 Å². The number of ether oxygens (including phenoxy) is 1. The van der Waals surface area contributed by atoms with E-state index in [1.54, 1.807) is 16.9 Å². The van der Waals surface area contributed by atoms with Crippen molar-refractivity contribution < 1.29 is 14.3 Å². The first kappa shape index (κ1) is 19.7. The Bertz CT molecular complexity index is 848. The summed E-state index contributed by atoms with van der Waals surface area (Å²) < 4.78 is 5.30. The van der Waals surface area contributed by atoms with E-state index in [1.165, 1.54) is 0 Å². The van der Waals surface area contributed by atoms with Crippen LogP contribution in [0.4, 0.5) is 5.69 Å². The Balaban J connectivity index is 1.86. The fraction of sp³-hybridized carbons (Fsp3) is 0.304. The zero-order valence-electron chi connectivity index (χ0n) is 16.4. The number of piperazine rings is 1. The molecule has 1 aliphatic heterocycles. The maximum Gasteiger partial charge on any atom is 0.246 e. The van der Waals surface area contributed by atoms with Gasteiger partial charge in [0.2, 0.25) is 11.8 Å². The van der Waals surface area contributed by atoms with Crippen LogP contribution >= 0.6 is 0 Å². The molecule has 2 aromatic carbocycles. The van der Waals surface area contributed by atoms with E-state index >= 15 is 0 Å². The highest BCUT2D eigenvalue weighted by Gasteiger charge is 2.35. The Hall–Kier alpha value is -3.08. The summed E-state index contributed by atoms with van der Waals surface area (Å²) in [6, 6.07) is 17.5. The molecule has 2 aromatic rings. The maximum atomic E-state index is 12.9. The van der Waals surface area contributed by atoms with Gasteiger partial charge < -0.3 is 14.5 Å². The zero-order chi connectivity index (χ0) is 19.9. The Labute approximate surface area is 166 Å². The van der Waals surface area contributed by atoms with Gasteiger partial charge in [0.15, 0.2) is 0 Å². The van der Waals surface area contributed by atoms with Gasteiger partial charge in [-0.25, -0.2) is 0 Å². The van der Waals surface area contributed by atoms with Crippen molar-refractivity contribution in [1.82, 2.24) is 4.90 Å². The summed E-state index contributed by atoms with van der Waals surface area (Å²) in [6.07, 6.45) is 4.71. The summed E-state index contributed by atoms with van der Waals surface area (Å²) >= 11 is 0. The third-order valence-corrected chi connectivity index (χ3v) is 4.97. The lowest BCUT2D eigenvalue weighted by Gasteiger charge is -2.41. The molecular weight excluding hydrogens is 352 g/mol. The third-order valence-electron chi connectivity index (χ3n) is 4.97. The van der Waals surface area contributed by atoms with Crippen LogP contribution in [-0.4, -0.2) is 43.0 Å². The van der Waals surface area contributed by atoms with Crippen molar-refractivity contribution in [2.24, 2.45) is 0 Å². The highest BCUT2D eigenvalue weighted by atomic mass is 16.5. The molecule has 1 unspecified atom stereocenters. The average Bonchev–Trinajstić information content (AvgIpc) is 2.73. The summed E-state index contributed by atoms with van der Waals surface area (Å²) in [6.45, 7) is 2.44. The van der Waals surface area contributed by atoms with E-state index < -0.39 is 0 Å². The zero-order valence-corrected chi connectivity index (χ0v) is 16.4. The van der Waals surface area contributed by atoms with Gasteiger partial charge in [-0.05, 0) is 31.0 Å². The maximum absolute atomic E-state index is 12.9. The van der Waals surface area contributed by atoms with Crippen LogP contribution in [0.25, 0.3) is 0 Å². The van der Waals surface area contributed by atoms with Crippen molar-refractivity contribution in [1.29, 1.82) is 0 Å². The van der Waals surface area contributed by atoms with Gasteiger partial charge in [0, 0.05) is 24.7 Å². The van der Waals surface area contributed by atoms with Crippen molar-refractivity contribution in [3.8, 4) is 5.75 Å². The molecule has 0 bridgehead atoms. The summed E-state index contributed by atoms with van der Waals surface area (Å²) in [4.78, 5) is 29.1. The van der Waals surface area contributed by atoms with Crippen molar-refractivity contribution in [2.75, 3.05) is 25.1 Å². The number of benzene rings is 2. The first-order valence-electron chi connectivity index (χ1n) is 9.51. The van der Waals surface area contributed by atoms with Crippen LogP contribution in [0.5, 0.6) is 5.75 Å². The van der Waals surface area contributed by atoms with Crippen LogP contribution in [0, 0.1) is 0 Å². The molecule has 0 radical (unpaired) electrons. The third kappa shape index (κ3) is 4.60. The monoisotopic (exact) mass is 378 g/mol. The standard InChI is InChI=1S/C23H26N2O3/c1-3-4-13-22(26)25-17-23(27)24(19-11-8-12-21(15-19)28-2)16-20(25)14-18-9-6-5-7-10-18/h3-12,15,20H,13-14,16-17H2,1-2H3. The van der Waals surface area contributed by atoms with E-state index in [0.717, 1.165) is 11.3 Å². The highest BCUT2D eigenvalue weighted by molar-refractivity contribution is 5.98. The van der Waals surface area contributed by atoms with Gasteiger partial charge in [0.25, 0.3) is 0 Å². The molecule has 1 fully saturated rings. The van der Waals surface area contributed by atoms with Gasteiger partial charge in [0.05, 0.1) is 13.2 Å².